The average Bonchev–Trinajstić information content (AvgIpc) is 2.01. The highest BCUT2D eigenvalue weighted by atomic mass is 16.5. The fraction of sp³-hybridized carbons (Fsp3) is 0.875. The fourth-order valence-corrected chi connectivity index (χ4v) is 0.864. The van der Waals surface area contributed by atoms with Crippen molar-refractivity contribution in [2.75, 3.05) is 7.11 Å². The largest absolute Gasteiger partial charge is 0.469 e. The molecule has 0 aromatic carbocycles. The third-order valence-corrected chi connectivity index (χ3v) is 1.53. The Labute approximate surface area is 67.4 Å². The molecule has 0 aromatic heterocycles. The minimum absolute atomic E-state index is 0.250. The molecule has 0 aliphatic heterocycles. The van der Waals surface area contributed by atoms with Crippen LogP contribution in [0.5, 0.6) is 0 Å². The molecule has 0 fully saturated rings. The Morgan fingerprint density at radius 1 is 1.55 bits per heavy atom. The molecule has 0 unspecified atom stereocenters. The highest BCUT2D eigenvalue weighted by molar-refractivity contribution is 5.69. The number of aliphatic hydroxyl groups is 1. The van der Waals surface area contributed by atoms with E-state index < -0.39 is 0 Å². The van der Waals surface area contributed by atoms with Crippen molar-refractivity contribution in [2.24, 2.45) is 0 Å². The van der Waals surface area contributed by atoms with E-state index in [-0.39, 0.29) is 12.1 Å². The van der Waals surface area contributed by atoms with E-state index in [4.69, 9.17) is 0 Å². The van der Waals surface area contributed by atoms with Crippen LogP contribution in [0.2, 0.25) is 0 Å². The summed E-state index contributed by atoms with van der Waals surface area (Å²) in [5, 5.41) is 9.19. The minimum Gasteiger partial charge on any atom is -0.469 e. The summed E-state index contributed by atoms with van der Waals surface area (Å²) in [4.78, 5) is 10.6. The third-order valence-electron chi connectivity index (χ3n) is 1.53. The van der Waals surface area contributed by atoms with Crippen molar-refractivity contribution < 1.29 is 14.6 Å². The van der Waals surface area contributed by atoms with E-state index in [2.05, 4.69) is 4.74 Å². The summed E-state index contributed by atoms with van der Waals surface area (Å²) in [5.74, 6) is -0.250. The van der Waals surface area contributed by atoms with Gasteiger partial charge in [-0.05, 0) is 12.8 Å². The standard InChI is InChI=1S/C8H16O3/c1-3-4-7(9)5-6-8(10)11-2/h7,9H,3-6H2,1-2H3/t7-/m1/s1. The maximum atomic E-state index is 10.6. The van der Waals surface area contributed by atoms with Crippen molar-refractivity contribution in [3.63, 3.8) is 0 Å². The lowest BCUT2D eigenvalue weighted by atomic mass is 10.1. The van der Waals surface area contributed by atoms with Gasteiger partial charge in [0.15, 0.2) is 0 Å². The SMILES string of the molecule is CCC[C@@H](O)CCC(=O)OC. The first-order valence-electron chi connectivity index (χ1n) is 3.95. The number of esters is 1. The van der Waals surface area contributed by atoms with Crippen LogP contribution >= 0.6 is 0 Å². The smallest absolute Gasteiger partial charge is 0.305 e. The molecule has 3 nitrogen and oxygen atoms in total. The van der Waals surface area contributed by atoms with Gasteiger partial charge < -0.3 is 9.84 Å². The Kier molecular flexibility index (Phi) is 5.84. The van der Waals surface area contributed by atoms with Crippen molar-refractivity contribution in [3.8, 4) is 0 Å². The summed E-state index contributed by atoms with van der Waals surface area (Å²) in [6.45, 7) is 2.00. The van der Waals surface area contributed by atoms with Gasteiger partial charge in [-0.25, -0.2) is 0 Å². The predicted molar refractivity (Wildman–Crippen MR) is 42.2 cm³/mol. The molecule has 66 valence electrons. The molecular formula is C8H16O3. The van der Waals surface area contributed by atoms with E-state index >= 15 is 0 Å². The lowest BCUT2D eigenvalue weighted by Gasteiger charge is -2.06. The molecule has 0 rings (SSSR count). The normalized spacial score (nSPS) is 12.6. The first-order chi connectivity index (χ1) is 5.20. The maximum Gasteiger partial charge on any atom is 0.305 e. The van der Waals surface area contributed by atoms with Gasteiger partial charge in [0.25, 0.3) is 0 Å². The first kappa shape index (κ1) is 10.4. The molecule has 0 saturated heterocycles. The molecule has 0 aliphatic rings. The monoisotopic (exact) mass is 160 g/mol. The van der Waals surface area contributed by atoms with Crippen LogP contribution in [0.25, 0.3) is 0 Å². The van der Waals surface area contributed by atoms with Crippen LogP contribution in [0.15, 0.2) is 0 Å². The number of aliphatic hydroxyl groups excluding tert-OH is 1. The quantitative estimate of drug-likeness (QED) is 0.612. The molecule has 3 heteroatoms. The molecule has 0 aliphatic carbocycles. The van der Waals surface area contributed by atoms with E-state index in [1.807, 2.05) is 6.92 Å². The highest BCUT2D eigenvalue weighted by Crippen LogP contribution is 2.04. The number of rotatable bonds is 5. The van der Waals surface area contributed by atoms with Crippen molar-refractivity contribution in [1.29, 1.82) is 0 Å². The molecule has 0 bridgehead atoms. The number of carbonyl (C=O) groups is 1. The number of carbonyl (C=O) groups excluding carboxylic acids is 1. The zero-order valence-corrected chi connectivity index (χ0v) is 7.17. The molecule has 0 spiro atoms. The molecule has 1 atom stereocenters. The highest BCUT2D eigenvalue weighted by Gasteiger charge is 2.06. The van der Waals surface area contributed by atoms with Crippen molar-refractivity contribution >= 4 is 5.97 Å². The summed E-state index contributed by atoms with van der Waals surface area (Å²) in [6.07, 6.45) is 2.19. The lowest BCUT2D eigenvalue weighted by Crippen LogP contribution is -2.09. The minimum atomic E-state index is -0.348. The average molecular weight is 160 g/mol. The number of hydrogen-bond acceptors (Lipinski definition) is 3. The topological polar surface area (TPSA) is 46.5 Å². The lowest BCUT2D eigenvalue weighted by molar-refractivity contribution is -0.141. The fourth-order valence-electron chi connectivity index (χ4n) is 0.864. The van der Waals surface area contributed by atoms with Crippen LogP contribution in [-0.4, -0.2) is 24.3 Å². The summed E-state index contributed by atoms with van der Waals surface area (Å²) in [6, 6.07) is 0. The van der Waals surface area contributed by atoms with Gasteiger partial charge in [-0.3, -0.25) is 4.79 Å². The van der Waals surface area contributed by atoms with Crippen molar-refractivity contribution in [1.82, 2.24) is 0 Å². The van der Waals surface area contributed by atoms with Gasteiger partial charge in [0.1, 0.15) is 0 Å². The Bertz CT molecular complexity index is 112. The van der Waals surface area contributed by atoms with Crippen LogP contribution in [0, 0.1) is 0 Å². The summed E-state index contributed by atoms with van der Waals surface area (Å²) in [5.41, 5.74) is 0. The van der Waals surface area contributed by atoms with Crippen LogP contribution in [0.3, 0.4) is 0 Å². The summed E-state index contributed by atoms with van der Waals surface area (Å²) >= 11 is 0. The number of methoxy groups -OCH3 is 1. The maximum absolute atomic E-state index is 10.6. The van der Waals surface area contributed by atoms with E-state index in [1.165, 1.54) is 7.11 Å². The van der Waals surface area contributed by atoms with Gasteiger partial charge in [0, 0.05) is 6.42 Å². The Morgan fingerprint density at radius 3 is 2.64 bits per heavy atom. The molecule has 0 amide bonds. The predicted octanol–water partition coefficient (Wildman–Crippen LogP) is 1.10. The van der Waals surface area contributed by atoms with E-state index in [0.717, 1.165) is 12.8 Å². The molecule has 1 N–H and O–H groups in total. The molecule has 0 aromatic rings. The zero-order chi connectivity index (χ0) is 8.69. The van der Waals surface area contributed by atoms with E-state index in [1.54, 1.807) is 0 Å². The second kappa shape index (κ2) is 6.16. The Hall–Kier alpha value is -0.570. The van der Waals surface area contributed by atoms with Gasteiger partial charge in [0.05, 0.1) is 13.2 Å². The Balaban J connectivity index is 3.29. The van der Waals surface area contributed by atoms with Gasteiger partial charge in [-0.15, -0.1) is 0 Å². The zero-order valence-electron chi connectivity index (χ0n) is 7.17. The van der Waals surface area contributed by atoms with Crippen LogP contribution in [-0.2, 0) is 9.53 Å². The van der Waals surface area contributed by atoms with Crippen molar-refractivity contribution in [3.05, 3.63) is 0 Å². The molecule has 0 saturated carbocycles. The summed E-state index contributed by atoms with van der Waals surface area (Å²) in [7, 11) is 1.36. The molecular weight excluding hydrogens is 144 g/mol. The second-order valence-corrected chi connectivity index (χ2v) is 2.56. The van der Waals surface area contributed by atoms with Gasteiger partial charge in [-0.2, -0.15) is 0 Å². The van der Waals surface area contributed by atoms with Crippen LogP contribution in [0.4, 0.5) is 0 Å². The van der Waals surface area contributed by atoms with Gasteiger partial charge in [-0.1, -0.05) is 13.3 Å². The molecule has 11 heavy (non-hydrogen) atoms. The van der Waals surface area contributed by atoms with Crippen molar-refractivity contribution in [2.45, 2.75) is 38.7 Å². The van der Waals surface area contributed by atoms with E-state index in [9.17, 15) is 9.90 Å². The first-order valence-corrected chi connectivity index (χ1v) is 3.95. The van der Waals surface area contributed by atoms with Crippen LogP contribution < -0.4 is 0 Å². The number of hydrogen-bond donors (Lipinski definition) is 1. The summed E-state index contributed by atoms with van der Waals surface area (Å²) < 4.78 is 4.43. The van der Waals surface area contributed by atoms with Crippen LogP contribution in [0.1, 0.15) is 32.6 Å². The van der Waals surface area contributed by atoms with Gasteiger partial charge in [0.2, 0.25) is 0 Å². The second-order valence-electron chi connectivity index (χ2n) is 2.56. The molecule has 0 radical (unpaired) electrons. The number of ether oxygens (including phenoxy) is 1. The Morgan fingerprint density at radius 2 is 2.18 bits per heavy atom. The third kappa shape index (κ3) is 5.85. The van der Waals surface area contributed by atoms with E-state index in [0.29, 0.717) is 12.8 Å². The molecule has 0 heterocycles. The van der Waals surface area contributed by atoms with Gasteiger partial charge >= 0.3 is 5.97 Å².